The lowest BCUT2D eigenvalue weighted by Gasteiger charge is -2.26. The highest BCUT2D eigenvalue weighted by Gasteiger charge is 2.30. The van der Waals surface area contributed by atoms with Gasteiger partial charge in [0.1, 0.15) is 0 Å². The minimum absolute atomic E-state index is 0.135. The minimum atomic E-state index is -0.382. The van der Waals surface area contributed by atoms with Gasteiger partial charge < -0.3 is 4.74 Å². The number of carbonyl (C=O) groups is 1. The van der Waals surface area contributed by atoms with Crippen LogP contribution in [0.1, 0.15) is 34.6 Å². The van der Waals surface area contributed by atoms with Gasteiger partial charge in [-0.1, -0.05) is 20.8 Å². The normalized spacial score (nSPS) is 12.8. The van der Waals surface area contributed by atoms with E-state index in [4.69, 9.17) is 4.74 Å². The summed E-state index contributed by atoms with van der Waals surface area (Å²) in [7, 11) is 1.44. The van der Waals surface area contributed by atoms with Crippen molar-refractivity contribution < 1.29 is 9.53 Å². The highest BCUT2D eigenvalue weighted by molar-refractivity contribution is 8.00. The Bertz CT molecular complexity index is 180. The molecular weight excluding hydrogens is 184 g/mol. The molecule has 0 aromatic carbocycles. The first-order valence-electron chi connectivity index (χ1n) is 4.41. The van der Waals surface area contributed by atoms with Crippen LogP contribution >= 0.6 is 11.8 Å². The molecule has 0 unspecified atom stereocenters. The van der Waals surface area contributed by atoms with Crippen molar-refractivity contribution >= 4 is 17.7 Å². The van der Waals surface area contributed by atoms with E-state index in [2.05, 4.69) is 20.8 Å². The fourth-order valence-electron chi connectivity index (χ4n) is 0.732. The first-order chi connectivity index (χ1) is 5.69. The van der Waals surface area contributed by atoms with Crippen LogP contribution in [0.5, 0.6) is 0 Å². The van der Waals surface area contributed by atoms with Crippen LogP contribution in [0.2, 0.25) is 0 Å². The number of methoxy groups -OCH3 is 1. The van der Waals surface area contributed by atoms with Crippen molar-refractivity contribution in [1.29, 1.82) is 0 Å². The zero-order valence-electron chi connectivity index (χ0n) is 9.43. The first-order valence-corrected chi connectivity index (χ1v) is 5.40. The van der Waals surface area contributed by atoms with Crippen molar-refractivity contribution in [2.45, 2.75) is 39.4 Å². The van der Waals surface area contributed by atoms with Gasteiger partial charge in [-0.3, -0.25) is 4.79 Å². The van der Waals surface area contributed by atoms with Gasteiger partial charge in [0.05, 0.1) is 12.5 Å². The molecular formula is C10H20O2S. The molecule has 0 aliphatic rings. The molecule has 0 bridgehead atoms. The van der Waals surface area contributed by atoms with Crippen LogP contribution in [0.15, 0.2) is 0 Å². The number of esters is 1. The molecule has 0 aromatic rings. The Morgan fingerprint density at radius 3 is 2.00 bits per heavy atom. The summed E-state index contributed by atoms with van der Waals surface area (Å²) in [4.78, 5) is 11.3. The second kappa shape index (κ2) is 4.36. The third-order valence-corrected chi connectivity index (χ3v) is 3.34. The van der Waals surface area contributed by atoms with Gasteiger partial charge in [-0.2, -0.15) is 11.8 Å². The molecule has 0 saturated carbocycles. The average Bonchev–Trinajstić information content (AvgIpc) is 1.98. The van der Waals surface area contributed by atoms with E-state index in [0.29, 0.717) is 0 Å². The molecule has 0 N–H and O–H groups in total. The summed E-state index contributed by atoms with van der Waals surface area (Å²) in [5, 5.41) is 0. The number of carbonyl (C=O) groups excluding carboxylic acids is 1. The van der Waals surface area contributed by atoms with Gasteiger partial charge >= 0.3 is 5.97 Å². The molecule has 0 heterocycles. The minimum Gasteiger partial charge on any atom is -0.469 e. The molecule has 0 aromatic heterocycles. The van der Waals surface area contributed by atoms with E-state index in [9.17, 15) is 4.79 Å². The molecule has 3 heteroatoms. The standard InChI is InChI=1S/C10H20O2S/c1-9(2,3)13-7-10(4,5)8(11)12-6/h7H2,1-6H3. The first kappa shape index (κ1) is 12.8. The summed E-state index contributed by atoms with van der Waals surface area (Å²) >= 11 is 1.78. The summed E-state index contributed by atoms with van der Waals surface area (Å²) in [6, 6.07) is 0. The Morgan fingerprint density at radius 2 is 1.69 bits per heavy atom. The lowest BCUT2D eigenvalue weighted by Crippen LogP contribution is -2.29. The molecule has 0 spiro atoms. The molecule has 13 heavy (non-hydrogen) atoms. The number of ether oxygens (including phenoxy) is 1. The van der Waals surface area contributed by atoms with Crippen molar-refractivity contribution in [1.82, 2.24) is 0 Å². The molecule has 2 nitrogen and oxygen atoms in total. The Balaban J connectivity index is 4.11. The second-order valence-corrected chi connectivity index (χ2v) is 6.58. The largest absolute Gasteiger partial charge is 0.469 e. The fourth-order valence-corrected chi connectivity index (χ4v) is 1.64. The van der Waals surface area contributed by atoms with Crippen molar-refractivity contribution in [2.24, 2.45) is 5.41 Å². The lowest BCUT2D eigenvalue weighted by molar-refractivity contribution is -0.149. The Hall–Kier alpha value is -0.180. The maximum atomic E-state index is 11.3. The van der Waals surface area contributed by atoms with Crippen molar-refractivity contribution in [3.8, 4) is 0 Å². The van der Waals surface area contributed by atoms with Gasteiger partial charge in [0.2, 0.25) is 0 Å². The predicted molar refractivity (Wildman–Crippen MR) is 58.0 cm³/mol. The smallest absolute Gasteiger partial charge is 0.312 e. The second-order valence-electron chi connectivity index (χ2n) is 4.78. The maximum Gasteiger partial charge on any atom is 0.312 e. The molecule has 0 rings (SSSR count). The topological polar surface area (TPSA) is 26.3 Å². The van der Waals surface area contributed by atoms with E-state index in [1.54, 1.807) is 11.8 Å². The maximum absolute atomic E-state index is 11.3. The van der Waals surface area contributed by atoms with E-state index in [0.717, 1.165) is 5.75 Å². The van der Waals surface area contributed by atoms with Crippen molar-refractivity contribution in [2.75, 3.05) is 12.9 Å². The lowest BCUT2D eigenvalue weighted by atomic mass is 9.97. The van der Waals surface area contributed by atoms with Crippen molar-refractivity contribution in [3.63, 3.8) is 0 Å². The van der Waals surface area contributed by atoms with E-state index in [1.807, 2.05) is 13.8 Å². The van der Waals surface area contributed by atoms with E-state index in [1.165, 1.54) is 7.11 Å². The van der Waals surface area contributed by atoms with E-state index in [-0.39, 0.29) is 16.1 Å². The summed E-state index contributed by atoms with van der Waals surface area (Å²) in [6.45, 7) is 10.3. The van der Waals surface area contributed by atoms with Crippen molar-refractivity contribution in [3.05, 3.63) is 0 Å². The zero-order chi connectivity index (χ0) is 10.7. The van der Waals surface area contributed by atoms with Gasteiger partial charge in [0, 0.05) is 10.5 Å². The monoisotopic (exact) mass is 204 g/mol. The molecule has 78 valence electrons. The quantitative estimate of drug-likeness (QED) is 0.661. The Morgan fingerprint density at radius 1 is 1.23 bits per heavy atom. The average molecular weight is 204 g/mol. The number of hydrogen-bond acceptors (Lipinski definition) is 3. The van der Waals surface area contributed by atoms with E-state index >= 15 is 0 Å². The summed E-state index contributed by atoms with van der Waals surface area (Å²) in [5.74, 6) is 0.660. The number of rotatable bonds is 3. The number of thioether (sulfide) groups is 1. The van der Waals surface area contributed by atoms with Crippen LogP contribution < -0.4 is 0 Å². The Labute approximate surface area is 85.4 Å². The SMILES string of the molecule is COC(=O)C(C)(C)CSC(C)(C)C. The molecule has 0 saturated heterocycles. The highest BCUT2D eigenvalue weighted by Crippen LogP contribution is 2.31. The highest BCUT2D eigenvalue weighted by atomic mass is 32.2. The molecule has 0 atom stereocenters. The van der Waals surface area contributed by atoms with E-state index < -0.39 is 0 Å². The third-order valence-electron chi connectivity index (χ3n) is 1.60. The van der Waals surface area contributed by atoms with Crippen LogP contribution in [0.3, 0.4) is 0 Å². The van der Waals surface area contributed by atoms with Gasteiger partial charge in [-0.05, 0) is 13.8 Å². The third kappa shape index (κ3) is 5.19. The van der Waals surface area contributed by atoms with Crippen LogP contribution in [0.4, 0.5) is 0 Å². The summed E-state index contributed by atoms with van der Waals surface area (Å²) in [5.41, 5.74) is -0.382. The summed E-state index contributed by atoms with van der Waals surface area (Å²) in [6.07, 6.45) is 0. The van der Waals surface area contributed by atoms with Crippen LogP contribution in [-0.2, 0) is 9.53 Å². The van der Waals surface area contributed by atoms with Crippen LogP contribution in [0.25, 0.3) is 0 Å². The fraction of sp³-hybridized carbons (Fsp3) is 0.900. The van der Waals surface area contributed by atoms with Gasteiger partial charge in [-0.15, -0.1) is 0 Å². The predicted octanol–water partition coefficient (Wildman–Crippen LogP) is 2.72. The summed E-state index contributed by atoms with van der Waals surface area (Å²) < 4.78 is 4.93. The number of hydrogen-bond donors (Lipinski definition) is 0. The van der Waals surface area contributed by atoms with Crippen LogP contribution in [0, 0.1) is 5.41 Å². The molecule has 0 amide bonds. The van der Waals surface area contributed by atoms with Gasteiger partial charge in [0.15, 0.2) is 0 Å². The molecule has 0 fully saturated rings. The molecule has 0 aliphatic carbocycles. The van der Waals surface area contributed by atoms with Gasteiger partial charge in [-0.25, -0.2) is 0 Å². The molecule has 0 radical (unpaired) electrons. The Kier molecular flexibility index (Phi) is 4.30. The van der Waals surface area contributed by atoms with Crippen LogP contribution in [-0.4, -0.2) is 23.6 Å². The zero-order valence-corrected chi connectivity index (χ0v) is 10.2. The molecule has 0 aliphatic heterocycles. The van der Waals surface area contributed by atoms with Gasteiger partial charge in [0.25, 0.3) is 0 Å².